The Hall–Kier alpha value is -2.73. The number of carbonyl (C=O) groups is 1. The molecule has 2 amide bonds. The summed E-state index contributed by atoms with van der Waals surface area (Å²) < 4.78 is 11.6. The van der Waals surface area contributed by atoms with E-state index in [0.717, 1.165) is 11.3 Å². The van der Waals surface area contributed by atoms with Crippen molar-refractivity contribution in [2.45, 2.75) is 20.3 Å². The molecule has 0 aliphatic heterocycles. The maximum atomic E-state index is 10.7. The Kier molecular flexibility index (Phi) is 7.29. The van der Waals surface area contributed by atoms with Crippen LogP contribution in [0.15, 0.2) is 41.5 Å². The first-order chi connectivity index (χ1) is 12.5. The minimum atomic E-state index is -0.741. The molecule has 2 aromatic carbocycles. The number of benzene rings is 2. The van der Waals surface area contributed by atoms with Crippen LogP contribution in [0.4, 0.5) is 4.79 Å². The van der Waals surface area contributed by atoms with Gasteiger partial charge in [0, 0.05) is 17.0 Å². The van der Waals surface area contributed by atoms with Gasteiger partial charge in [-0.05, 0) is 49.2 Å². The molecule has 2 rings (SSSR count). The van der Waals surface area contributed by atoms with Gasteiger partial charge in [-0.1, -0.05) is 23.7 Å². The Morgan fingerprint density at radius 3 is 2.65 bits per heavy atom. The lowest BCUT2D eigenvalue weighted by Crippen LogP contribution is -2.24. The number of rotatable bonds is 8. The van der Waals surface area contributed by atoms with Gasteiger partial charge in [0.15, 0.2) is 0 Å². The van der Waals surface area contributed by atoms with Crippen LogP contribution >= 0.6 is 11.6 Å². The molecule has 3 N–H and O–H groups in total. The number of hydrazone groups is 1. The van der Waals surface area contributed by atoms with Crippen LogP contribution < -0.4 is 20.6 Å². The van der Waals surface area contributed by atoms with Gasteiger partial charge in [-0.3, -0.25) is 0 Å². The molecule has 0 saturated carbocycles. The second-order valence-corrected chi connectivity index (χ2v) is 6.10. The van der Waals surface area contributed by atoms with E-state index in [1.54, 1.807) is 18.2 Å². The monoisotopic (exact) mass is 375 g/mol. The fourth-order valence-electron chi connectivity index (χ4n) is 2.22. The average Bonchev–Trinajstić information content (AvgIpc) is 2.59. The van der Waals surface area contributed by atoms with Crippen LogP contribution in [-0.2, 0) is 0 Å². The van der Waals surface area contributed by atoms with Gasteiger partial charge in [-0.15, -0.1) is 0 Å². The van der Waals surface area contributed by atoms with E-state index in [0.29, 0.717) is 36.0 Å². The number of aryl methyl sites for hydroxylation is 1. The third kappa shape index (κ3) is 5.97. The smallest absolute Gasteiger partial charge is 0.332 e. The fourth-order valence-corrected chi connectivity index (χ4v) is 2.40. The summed E-state index contributed by atoms with van der Waals surface area (Å²) in [6.45, 7) is 5.11. The Balaban J connectivity index is 1.86. The predicted molar refractivity (Wildman–Crippen MR) is 103 cm³/mol. The first kappa shape index (κ1) is 19.6. The molecular weight excluding hydrogens is 354 g/mol. The lowest BCUT2D eigenvalue weighted by atomic mass is 10.1. The average molecular weight is 376 g/mol. The summed E-state index contributed by atoms with van der Waals surface area (Å²) in [6, 6.07) is 10.4. The largest absolute Gasteiger partial charge is 0.493 e. The maximum absolute atomic E-state index is 10.7. The Morgan fingerprint density at radius 1 is 1.19 bits per heavy atom. The number of hydrogen-bond donors (Lipinski definition) is 2. The van der Waals surface area contributed by atoms with Gasteiger partial charge in [-0.2, -0.15) is 5.10 Å². The lowest BCUT2D eigenvalue weighted by molar-refractivity contribution is 0.246. The Morgan fingerprint density at radius 2 is 1.92 bits per heavy atom. The maximum Gasteiger partial charge on any atom is 0.332 e. The first-order valence-corrected chi connectivity index (χ1v) is 8.55. The molecule has 6 nitrogen and oxygen atoms in total. The summed E-state index contributed by atoms with van der Waals surface area (Å²) in [7, 11) is 0. The van der Waals surface area contributed by atoms with Gasteiger partial charge in [0.05, 0.1) is 19.4 Å². The number of amides is 2. The van der Waals surface area contributed by atoms with Crippen molar-refractivity contribution in [3.8, 4) is 11.5 Å². The number of nitrogens with zero attached hydrogens (tertiary/aromatic N) is 1. The molecule has 138 valence electrons. The normalized spacial score (nSPS) is 10.7. The summed E-state index contributed by atoms with van der Waals surface area (Å²) in [4.78, 5) is 10.7. The first-order valence-electron chi connectivity index (χ1n) is 8.17. The van der Waals surface area contributed by atoms with Crippen molar-refractivity contribution in [2.75, 3.05) is 13.2 Å². The third-order valence-electron chi connectivity index (χ3n) is 3.71. The molecule has 0 atom stereocenters. The number of nitrogens with two attached hydrogens (primary N) is 1. The fraction of sp³-hybridized carbons (Fsp3) is 0.263. The quantitative estimate of drug-likeness (QED) is 0.418. The zero-order valence-electron chi connectivity index (χ0n) is 14.8. The summed E-state index contributed by atoms with van der Waals surface area (Å²) in [5, 5.41) is 4.27. The van der Waals surface area contributed by atoms with Crippen molar-refractivity contribution in [3.05, 3.63) is 58.1 Å². The van der Waals surface area contributed by atoms with Crippen LogP contribution in [0.1, 0.15) is 23.1 Å². The molecule has 2 aromatic rings. The molecule has 0 radical (unpaired) electrons. The number of urea groups is 1. The van der Waals surface area contributed by atoms with Gasteiger partial charge in [0.2, 0.25) is 0 Å². The summed E-state index contributed by atoms with van der Waals surface area (Å²) >= 11 is 5.99. The molecular formula is C19H22ClN3O3. The highest BCUT2D eigenvalue weighted by atomic mass is 35.5. The van der Waals surface area contributed by atoms with Crippen LogP contribution in [0.25, 0.3) is 0 Å². The summed E-state index contributed by atoms with van der Waals surface area (Å²) in [5.41, 5.74) is 10.1. The molecule has 0 aromatic heterocycles. The number of hydrogen-bond acceptors (Lipinski definition) is 4. The minimum Gasteiger partial charge on any atom is -0.493 e. The number of ether oxygens (including phenoxy) is 2. The van der Waals surface area contributed by atoms with Crippen molar-refractivity contribution in [1.29, 1.82) is 0 Å². The van der Waals surface area contributed by atoms with Gasteiger partial charge in [-0.25, -0.2) is 10.2 Å². The summed E-state index contributed by atoms with van der Waals surface area (Å²) in [5.74, 6) is 1.50. The van der Waals surface area contributed by atoms with Crippen molar-refractivity contribution in [1.82, 2.24) is 5.43 Å². The van der Waals surface area contributed by atoms with Gasteiger partial charge >= 0.3 is 6.03 Å². The molecule has 0 unspecified atom stereocenters. The van der Waals surface area contributed by atoms with Gasteiger partial charge < -0.3 is 15.2 Å². The number of carbonyl (C=O) groups excluding carboxylic acids is 1. The number of primary amides is 1. The highest BCUT2D eigenvalue weighted by Gasteiger charge is 2.05. The lowest BCUT2D eigenvalue weighted by Gasteiger charge is -2.12. The van der Waals surface area contributed by atoms with Crippen LogP contribution in [0.5, 0.6) is 11.5 Å². The highest BCUT2D eigenvalue weighted by molar-refractivity contribution is 6.30. The van der Waals surface area contributed by atoms with E-state index in [1.807, 2.05) is 19.1 Å². The van der Waals surface area contributed by atoms with Crippen LogP contribution in [-0.4, -0.2) is 25.5 Å². The molecule has 0 saturated heterocycles. The van der Waals surface area contributed by atoms with Crippen molar-refractivity contribution in [2.24, 2.45) is 10.8 Å². The second kappa shape index (κ2) is 9.68. The van der Waals surface area contributed by atoms with Gasteiger partial charge in [0.25, 0.3) is 0 Å². The van der Waals surface area contributed by atoms with E-state index in [4.69, 9.17) is 26.8 Å². The van der Waals surface area contributed by atoms with E-state index in [-0.39, 0.29) is 0 Å². The third-order valence-corrected chi connectivity index (χ3v) is 3.94. The molecule has 0 aliphatic rings. The van der Waals surface area contributed by atoms with Crippen LogP contribution in [0, 0.1) is 13.8 Å². The molecule has 0 fully saturated rings. The topological polar surface area (TPSA) is 85.9 Å². The van der Waals surface area contributed by atoms with Crippen molar-refractivity contribution < 1.29 is 14.3 Å². The van der Waals surface area contributed by atoms with Crippen LogP contribution in [0.3, 0.4) is 0 Å². The second-order valence-electron chi connectivity index (χ2n) is 5.66. The van der Waals surface area contributed by atoms with E-state index >= 15 is 0 Å². The molecule has 7 heteroatoms. The molecule has 0 aliphatic carbocycles. The minimum absolute atomic E-state index is 0.469. The standard InChI is InChI=1S/C19H22ClN3O3/c1-13-5-3-6-17(14(13)2)25-9-4-10-26-18-8-7-16(20)11-15(18)12-22-23-19(21)24/h3,5-8,11-12H,4,9-10H2,1-2H3,(H3,21,23,24). The van der Waals surface area contributed by atoms with Crippen molar-refractivity contribution >= 4 is 23.8 Å². The SMILES string of the molecule is Cc1cccc(OCCCOc2ccc(Cl)cc2C=NNC(N)=O)c1C. The van der Waals surface area contributed by atoms with E-state index in [1.165, 1.54) is 11.8 Å². The van der Waals surface area contributed by atoms with E-state index < -0.39 is 6.03 Å². The van der Waals surface area contributed by atoms with Gasteiger partial charge in [0.1, 0.15) is 11.5 Å². The Bertz CT molecular complexity index is 794. The highest BCUT2D eigenvalue weighted by Crippen LogP contribution is 2.22. The zero-order chi connectivity index (χ0) is 18.9. The van der Waals surface area contributed by atoms with Crippen molar-refractivity contribution in [3.63, 3.8) is 0 Å². The molecule has 0 heterocycles. The molecule has 26 heavy (non-hydrogen) atoms. The predicted octanol–water partition coefficient (Wildman–Crippen LogP) is 3.81. The Labute approximate surface area is 157 Å². The number of halogens is 1. The number of nitrogens with one attached hydrogen (secondary N) is 1. The van der Waals surface area contributed by atoms with E-state index in [9.17, 15) is 4.79 Å². The summed E-state index contributed by atoms with van der Waals surface area (Å²) in [6.07, 6.45) is 2.14. The van der Waals surface area contributed by atoms with Crippen LogP contribution in [0.2, 0.25) is 5.02 Å². The molecule has 0 bridgehead atoms. The van der Waals surface area contributed by atoms with E-state index in [2.05, 4.69) is 23.5 Å². The molecule has 0 spiro atoms. The zero-order valence-corrected chi connectivity index (χ0v) is 15.5.